The highest BCUT2D eigenvalue weighted by Crippen LogP contribution is 2.16. The highest BCUT2D eigenvalue weighted by atomic mass is 32.2. The fourth-order valence-corrected chi connectivity index (χ4v) is 2.83. The molecule has 1 heterocycles. The van der Waals surface area contributed by atoms with Gasteiger partial charge >= 0.3 is 6.03 Å². The molecule has 2 rings (SSSR count). The first-order valence-electron chi connectivity index (χ1n) is 7.56. The summed E-state index contributed by atoms with van der Waals surface area (Å²) in [4.78, 5) is 18.3. The van der Waals surface area contributed by atoms with Gasteiger partial charge in [0.1, 0.15) is 5.82 Å². The van der Waals surface area contributed by atoms with Gasteiger partial charge in [-0.1, -0.05) is 12.1 Å². The normalized spacial score (nSPS) is 10.7. The Kier molecular flexibility index (Phi) is 7.02. The molecule has 0 unspecified atom stereocenters. The van der Waals surface area contributed by atoms with Crippen LogP contribution in [0, 0.1) is 5.82 Å². The predicted octanol–water partition coefficient (Wildman–Crippen LogP) is 3.20. The first-order chi connectivity index (χ1) is 11.5. The van der Waals surface area contributed by atoms with Crippen LogP contribution < -0.4 is 10.6 Å². The van der Waals surface area contributed by atoms with E-state index in [4.69, 9.17) is 0 Å². The van der Waals surface area contributed by atoms with Crippen molar-refractivity contribution in [2.45, 2.75) is 11.6 Å². The van der Waals surface area contributed by atoms with Gasteiger partial charge in [-0.25, -0.2) is 14.2 Å². The van der Waals surface area contributed by atoms with Gasteiger partial charge < -0.3 is 15.5 Å². The second-order valence-corrected chi connectivity index (χ2v) is 6.59. The number of carbonyl (C=O) groups excluding carboxylic acids is 1. The number of hydrogen-bond donors (Lipinski definition) is 2. The largest absolute Gasteiger partial charge is 0.334 e. The molecule has 0 radical (unpaired) electrons. The van der Waals surface area contributed by atoms with Crippen LogP contribution in [0.2, 0.25) is 0 Å². The molecule has 0 aliphatic carbocycles. The lowest BCUT2D eigenvalue weighted by molar-refractivity contribution is 0.251. The topological polar surface area (TPSA) is 57.3 Å². The van der Waals surface area contributed by atoms with Crippen LogP contribution in [0.25, 0.3) is 0 Å². The van der Waals surface area contributed by atoms with E-state index in [9.17, 15) is 9.18 Å². The zero-order chi connectivity index (χ0) is 17.4. The minimum Gasteiger partial charge on any atom is -0.334 e. The Bertz CT molecular complexity index is 664. The Labute approximate surface area is 145 Å². The van der Waals surface area contributed by atoms with Crippen LogP contribution in [0.1, 0.15) is 5.56 Å². The van der Waals surface area contributed by atoms with Gasteiger partial charge in [-0.05, 0) is 43.9 Å². The van der Waals surface area contributed by atoms with Crippen LogP contribution in [-0.4, -0.2) is 42.3 Å². The number of halogens is 1. The number of carbonyl (C=O) groups is 1. The zero-order valence-electron chi connectivity index (χ0n) is 13.8. The molecule has 0 fully saturated rings. The van der Waals surface area contributed by atoms with Crippen LogP contribution in [-0.2, 0) is 6.54 Å². The third-order valence-corrected chi connectivity index (χ3v) is 4.05. The van der Waals surface area contributed by atoms with E-state index in [2.05, 4.69) is 20.5 Å². The number of hydrogen-bond acceptors (Lipinski definition) is 4. The van der Waals surface area contributed by atoms with Gasteiger partial charge in [-0.2, -0.15) is 0 Å². The van der Waals surface area contributed by atoms with Crippen molar-refractivity contribution in [2.24, 2.45) is 0 Å². The Morgan fingerprint density at radius 3 is 2.79 bits per heavy atom. The Morgan fingerprint density at radius 2 is 2.12 bits per heavy atom. The molecule has 0 saturated carbocycles. The number of nitrogens with zero attached hydrogens (tertiary/aromatic N) is 2. The summed E-state index contributed by atoms with van der Waals surface area (Å²) in [5.74, 6) is 0.641. The molecular weight excluding hydrogens is 327 g/mol. The molecule has 7 heteroatoms. The average molecular weight is 348 g/mol. The molecule has 0 bridgehead atoms. The monoisotopic (exact) mass is 348 g/mol. The van der Waals surface area contributed by atoms with Crippen molar-refractivity contribution >= 4 is 23.5 Å². The summed E-state index contributed by atoms with van der Waals surface area (Å²) >= 11 is 1.67. The first-order valence-corrected chi connectivity index (χ1v) is 8.54. The Hall–Kier alpha value is -2.12. The fraction of sp³-hybridized carbons (Fsp3) is 0.294. The quantitative estimate of drug-likeness (QED) is 0.755. The lowest BCUT2D eigenvalue weighted by Gasteiger charge is -2.09. The van der Waals surface area contributed by atoms with Crippen molar-refractivity contribution in [3.05, 3.63) is 54.0 Å². The average Bonchev–Trinajstić information content (AvgIpc) is 2.54. The third-order valence-electron chi connectivity index (χ3n) is 3.12. The Balaban J connectivity index is 1.77. The SMILES string of the molecule is CN(C)CCSc1ccc(NC(=O)NCc2cccc(F)c2)cn1. The van der Waals surface area contributed by atoms with E-state index in [1.54, 1.807) is 30.1 Å². The van der Waals surface area contributed by atoms with Gasteiger partial charge in [0.15, 0.2) is 0 Å². The number of benzene rings is 1. The molecule has 0 aliphatic rings. The number of rotatable bonds is 7. The summed E-state index contributed by atoms with van der Waals surface area (Å²) in [6.07, 6.45) is 1.62. The van der Waals surface area contributed by atoms with Crippen molar-refractivity contribution in [2.75, 3.05) is 31.7 Å². The minimum atomic E-state index is -0.353. The van der Waals surface area contributed by atoms with Gasteiger partial charge in [0, 0.05) is 18.8 Å². The highest BCUT2D eigenvalue weighted by Gasteiger charge is 2.04. The van der Waals surface area contributed by atoms with E-state index in [1.165, 1.54) is 12.1 Å². The van der Waals surface area contributed by atoms with Crippen LogP contribution in [0.3, 0.4) is 0 Å². The van der Waals surface area contributed by atoms with E-state index in [0.29, 0.717) is 11.3 Å². The third kappa shape index (κ3) is 6.55. The van der Waals surface area contributed by atoms with Gasteiger partial charge in [0.25, 0.3) is 0 Å². The molecule has 0 spiro atoms. The molecule has 2 N–H and O–H groups in total. The molecule has 2 aromatic rings. The number of urea groups is 1. The van der Waals surface area contributed by atoms with Crippen molar-refractivity contribution in [3.8, 4) is 0 Å². The Morgan fingerprint density at radius 1 is 1.29 bits per heavy atom. The molecule has 0 saturated heterocycles. The molecule has 0 atom stereocenters. The maximum atomic E-state index is 13.1. The molecular formula is C17H21FN4OS. The van der Waals surface area contributed by atoms with Gasteiger partial charge in [0.05, 0.1) is 16.9 Å². The second-order valence-electron chi connectivity index (χ2n) is 5.47. The van der Waals surface area contributed by atoms with Gasteiger partial charge in [-0.15, -0.1) is 11.8 Å². The molecule has 0 aliphatic heterocycles. The number of aromatic nitrogens is 1. The first kappa shape index (κ1) is 18.2. The predicted molar refractivity (Wildman–Crippen MR) is 95.8 cm³/mol. The molecule has 24 heavy (non-hydrogen) atoms. The minimum absolute atomic E-state index is 0.259. The molecule has 2 amide bonds. The van der Waals surface area contributed by atoms with E-state index in [0.717, 1.165) is 17.3 Å². The lowest BCUT2D eigenvalue weighted by atomic mass is 10.2. The van der Waals surface area contributed by atoms with E-state index in [-0.39, 0.29) is 18.4 Å². The highest BCUT2D eigenvalue weighted by molar-refractivity contribution is 7.99. The molecule has 5 nitrogen and oxygen atoms in total. The smallest absolute Gasteiger partial charge is 0.319 e. The number of anilines is 1. The molecule has 128 valence electrons. The van der Waals surface area contributed by atoms with Gasteiger partial charge in [0.2, 0.25) is 0 Å². The lowest BCUT2D eigenvalue weighted by Crippen LogP contribution is -2.28. The summed E-state index contributed by atoms with van der Waals surface area (Å²) in [7, 11) is 4.06. The maximum Gasteiger partial charge on any atom is 0.319 e. The van der Waals surface area contributed by atoms with Crippen molar-refractivity contribution in [3.63, 3.8) is 0 Å². The van der Waals surface area contributed by atoms with E-state index in [1.807, 2.05) is 26.2 Å². The fourth-order valence-electron chi connectivity index (χ4n) is 1.88. The standard InChI is InChI=1S/C17H21FN4OS/c1-22(2)8-9-24-16-7-6-15(12-19-16)21-17(23)20-11-13-4-3-5-14(18)10-13/h3-7,10,12H,8-9,11H2,1-2H3,(H2,20,21,23). The summed E-state index contributed by atoms with van der Waals surface area (Å²) < 4.78 is 13.1. The maximum absolute atomic E-state index is 13.1. The number of pyridine rings is 1. The van der Waals surface area contributed by atoms with Crippen LogP contribution in [0.4, 0.5) is 14.9 Å². The van der Waals surface area contributed by atoms with Gasteiger partial charge in [-0.3, -0.25) is 0 Å². The number of nitrogens with one attached hydrogen (secondary N) is 2. The molecule has 1 aromatic carbocycles. The van der Waals surface area contributed by atoms with Crippen LogP contribution in [0.15, 0.2) is 47.6 Å². The zero-order valence-corrected chi connectivity index (χ0v) is 14.6. The van der Waals surface area contributed by atoms with Crippen LogP contribution in [0.5, 0.6) is 0 Å². The van der Waals surface area contributed by atoms with E-state index < -0.39 is 0 Å². The van der Waals surface area contributed by atoms with Crippen molar-refractivity contribution in [1.82, 2.24) is 15.2 Å². The summed E-state index contributed by atoms with van der Waals surface area (Å²) in [6, 6.07) is 9.46. The number of amides is 2. The van der Waals surface area contributed by atoms with Crippen molar-refractivity contribution < 1.29 is 9.18 Å². The van der Waals surface area contributed by atoms with Crippen molar-refractivity contribution in [1.29, 1.82) is 0 Å². The number of thioether (sulfide) groups is 1. The summed E-state index contributed by atoms with van der Waals surface area (Å²) in [6.45, 7) is 1.24. The van der Waals surface area contributed by atoms with Crippen LogP contribution >= 0.6 is 11.8 Å². The summed E-state index contributed by atoms with van der Waals surface area (Å²) in [5, 5.41) is 6.30. The second kappa shape index (κ2) is 9.24. The summed E-state index contributed by atoms with van der Waals surface area (Å²) in [5.41, 5.74) is 1.32. The molecule has 1 aromatic heterocycles. The van der Waals surface area contributed by atoms with E-state index >= 15 is 0 Å².